The molecule has 1 saturated heterocycles. The van der Waals surface area contributed by atoms with E-state index in [1.807, 2.05) is 65.6 Å². The highest BCUT2D eigenvalue weighted by atomic mass is 16.2. The largest absolute Gasteiger partial charge is 0.336 e. The van der Waals surface area contributed by atoms with Crippen LogP contribution in [0.5, 0.6) is 0 Å². The zero-order valence-electron chi connectivity index (χ0n) is 31.2. The van der Waals surface area contributed by atoms with E-state index in [0.29, 0.717) is 24.1 Å². The summed E-state index contributed by atoms with van der Waals surface area (Å²) in [5, 5.41) is 13.5. The van der Waals surface area contributed by atoms with Gasteiger partial charge in [0.15, 0.2) is 0 Å². The van der Waals surface area contributed by atoms with Gasteiger partial charge in [0.05, 0.1) is 6.04 Å². The molecule has 1 aliphatic heterocycles. The molecule has 6 amide bonds. The summed E-state index contributed by atoms with van der Waals surface area (Å²) >= 11 is 0. The van der Waals surface area contributed by atoms with Gasteiger partial charge in [-0.1, -0.05) is 78.9 Å². The fourth-order valence-corrected chi connectivity index (χ4v) is 10.7. The van der Waals surface area contributed by atoms with Crippen molar-refractivity contribution in [2.75, 3.05) is 36.8 Å². The lowest BCUT2D eigenvalue weighted by Crippen LogP contribution is -2.55. The predicted molar refractivity (Wildman–Crippen MR) is 215 cm³/mol. The molecule has 1 heterocycles. The second-order valence-corrected chi connectivity index (χ2v) is 16.6. The zero-order chi connectivity index (χ0) is 36.9. The smallest absolute Gasteiger partial charge is 0.327 e. The minimum atomic E-state index is -0.621. The quantitative estimate of drug-likeness (QED) is 0.117. The van der Waals surface area contributed by atoms with Crippen molar-refractivity contribution >= 4 is 40.2 Å². The second kappa shape index (κ2) is 16.2. The molecule has 4 bridgehead atoms. The SMILES string of the molecule is O=C(NC[C@H](Cc1ccc2ccccc2c1)N(C[C@H]1CCCN1CCC12CC3CC(CC(C3)C1)C2)C(=O)Nc1ccccc1)NC(=O)Nc1ccccc1. The van der Waals surface area contributed by atoms with Gasteiger partial charge in [-0.05, 0) is 141 Å². The third-order valence-corrected chi connectivity index (χ3v) is 12.8. The molecule has 54 heavy (non-hydrogen) atoms. The first-order valence-electron chi connectivity index (χ1n) is 20.1. The van der Waals surface area contributed by atoms with E-state index in [2.05, 4.69) is 56.5 Å². The molecule has 0 aromatic heterocycles. The molecule has 282 valence electrons. The van der Waals surface area contributed by atoms with E-state index in [1.165, 1.54) is 44.9 Å². The minimum Gasteiger partial charge on any atom is -0.336 e. The number of urea groups is 3. The second-order valence-electron chi connectivity index (χ2n) is 16.6. The highest BCUT2D eigenvalue weighted by molar-refractivity contribution is 6.00. The van der Waals surface area contributed by atoms with Crippen LogP contribution in [0.4, 0.5) is 25.8 Å². The molecular weight excluding hydrogens is 673 g/mol. The first-order valence-corrected chi connectivity index (χ1v) is 20.1. The van der Waals surface area contributed by atoms with Crippen LogP contribution in [0, 0.1) is 23.2 Å². The van der Waals surface area contributed by atoms with Crippen molar-refractivity contribution in [1.82, 2.24) is 20.4 Å². The van der Waals surface area contributed by atoms with Crippen molar-refractivity contribution in [2.45, 2.75) is 76.3 Å². The molecule has 4 aromatic rings. The number of hydrogen-bond acceptors (Lipinski definition) is 4. The van der Waals surface area contributed by atoms with Crippen molar-refractivity contribution in [3.8, 4) is 0 Å². The number of amides is 6. The maximum atomic E-state index is 14.5. The van der Waals surface area contributed by atoms with Gasteiger partial charge in [-0.3, -0.25) is 10.2 Å². The van der Waals surface area contributed by atoms with Crippen molar-refractivity contribution < 1.29 is 14.4 Å². The topological polar surface area (TPSA) is 106 Å². The summed E-state index contributed by atoms with van der Waals surface area (Å²) in [6, 6.07) is 31.7. The molecule has 9 nitrogen and oxygen atoms in total. The van der Waals surface area contributed by atoms with Gasteiger partial charge >= 0.3 is 18.1 Å². The van der Waals surface area contributed by atoms with E-state index in [0.717, 1.165) is 65.7 Å². The van der Waals surface area contributed by atoms with Gasteiger partial charge < -0.3 is 20.9 Å². The number of para-hydroxylation sites is 2. The number of imide groups is 1. The summed E-state index contributed by atoms with van der Waals surface area (Å²) in [6.45, 7) is 2.85. The fraction of sp³-hybridized carbons (Fsp3) is 0.444. The van der Waals surface area contributed by atoms with Gasteiger partial charge in [0.25, 0.3) is 0 Å². The van der Waals surface area contributed by atoms with E-state index >= 15 is 0 Å². The van der Waals surface area contributed by atoms with Gasteiger partial charge in [-0.25, -0.2) is 14.4 Å². The maximum absolute atomic E-state index is 14.5. The Morgan fingerprint density at radius 3 is 2.06 bits per heavy atom. The average Bonchev–Trinajstić information content (AvgIpc) is 3.62. The summed E-state index contributed by atoms with van der Waals surface area (Å²) in [6.07, 6.45) is 12.5. The average molecular weight is 727 g/mol. The fourth-order valence-electron chi connectivity index (χ4n) is 10.7. The molecule has 4 aliphatic carbocycles. The van der Waals surface area contributed by atoms with E-state index in [4.69, 9.17) is 0 Å². The third kappa shape index (κ3) is 8.73. The zero-order valence-corrected chi connectivity index (χ0v) is 31.2. The molecule has 0 spiro atoms. The number of benzene rings is 4. The Bertz CT molecular complexity index is 1880. The number of carbonyl (C=O) groups excluding carboxylic acids is 3. The molecule has 5 fully saturated rings. The van der Waals surface area contributed by atoms with Crippen LogP contribution < -0.4 is 21.3 Å². The number of nitrogens with one attached hydrogen (secondary N) is 4. The number of fused-ring (bicyclic) bond motifs is 1. The molecule has 0 unspecified atom stereocenters. The lowest BCUT2D eigenvalue weighted by atomic mass is 9.49. The van der Waals surface area contributed by atoms with Crippen molar-refractivity contribution in [3.05, 3.63) is 109 Å². The summed E-state index contributed by atoms with van der Waals surface area (Å²) in [4.78, 5) is 45.0. The Kier molecular flexibility index (Phi) is 10.9. The molecule has 9 heteroatoms. The van der Waals surface area contributed by atoms with Crippen molar-refractivity contribution in [1.29, 1.82) is 0 Å². The van der Waals surface area contributed by atoms with Gasteiger partial charge in [0.1, 0.15) is 0 Å². The molecule has 2 atom stereocenters. The highest BCUT2D eigenvalue weighted by Crippen LogP contribution is 2.61. The summed E-state index contributed by atoms with van der Waals surface area (Å²) in [5.41, 5.74) is 2.90. The molecule has 5 aliphatic rings. The van der Waals surface area contributed by atoms with Gasteiger partial charge in [-0.2, -0.15) is 0 Å². The third-order valence-electron chi connectivity index (χ3n) is 12.8. The van der Waals surface area contributed by atoms with E-state index < -0.39 is 12.1 Å². The van der Waals surface area contributed by atoms with Crippen LogP contribution in [0.3, 0.4) is 0 Å². The Hall–Kier alpha value is -4.89. The summed E-state index contributed by atoms with van der Waals surface area (Å²) < 4.78 is 0. The van der Waals surface area contributed by atoms with Crippen LogP contribution >= 0.6 is 0 Å². The summed E-state index contributed by atoms with van der Waals surface area (Å²) in [5.74, 6) is 2.81. The van der Waals surface area contributed by atoms with Gasteiger partial charge in [0.2, 0.25) is 0 Å². The Balaban J connectivity index is 1.02. The first-order chi connectivity index (χ1) is 26.4. The molecule has 0 radical (unpaired) electrons. The number of nitrogens with zero attached hydrogens (tertiary/aromatic N) is 2. The van der Waals surface area contributed by atoms with E-state index in [9.17, 15) is 14.4 Å². The number of rotatable bonds is 12. The standard InChI is InChI=1S/C45H54N6O3/c52-42(49-43(53)47-38-12-3-1-4-13-38)46-30-41(26-32-17-18-36-10-7-8-11-37(36)25-32)51(44(54)48-39-14-5-2-6-15-39)31-40-16-9-20-50(40)21-19-45-27-33-22-34(28-45)24-35(23-33)29-45/h1-8,10-15,17-18,25,33-35,40-41H,9,16,19-24,26-31H2,(H,48,54)(H3,46,47,49,52,53)/t33?,34?,35?,40-,41+,45?/m1/s1. The molecule has 9 rings (SSSR count). The van der Waals surface area contributed by atoms with E-state index in [-0.39, 0.29) is 24.7 Å². The summed E-state index contributed by atoms with van der Waals surface area (Å²) in [7, 11) is 0. The number of hydrogen-bond donors (Lipinski definition) is 4. The Morgan fingerprint density at radius 1 is 0.741 bits per heavy atom. The Morgan fingerprint density at radius 2 is 1.37 bits per heavy atom. The van der Waals surface area contributed by atoms with E-state index in [1.54, 1.807) is 12.1 Å². The van der Waals surface area contributed by atoms with Crippen LogP contribution in [0.15, 0.2) is 103 Å². The van der Waals surface area contributed by atoms with Crippen LogP contribution in [0.25, 0.3) is 10.8 Å². The normalized spacial score (nSPS) is 24.9. The molecule has 4 N–H and O–H groups in total. The predicted octanol–water partition coefficient (Wildman–Crippen LogP) is 8.89. The number of anilines is 2. The minimum absolute atomic E-state index is 0.166. The van der Waals surface area contributed by atoms with Crippen molar-refractivity contribution in [3.63, 3.8) is 0 Å². The van der Waals surface area contributed by atoms with Crippen LogP contribution in [-0.4, -0.2) is 66.2 Å². The van der Waals surface area contributed by atoms with Gasteiger partial charge in [0, 0.05) is 30.5 Å². The lowest BCUT2D eigenvalue weighted by Gasteiger charge is -2.57. The molecule has 4 saturated carbocycles. The number of carbonyl (C=O) groups is 3. The maximum Gasteiger partial charge on any atom is 0.327 e. The number of likely N-dealkylation sites (tertiary alicyclic amines) is 1. The molecule has 4 aromatic carbocycles. The van der Waals surface area contributed by atoms with Crippen LogP contribution in [-0.2, 0) is 6.42 Å². The lowest BCUT2D eigenvalue weighted by molar-refractivity contribution is -0.0616. The Labute approximate surface area is 319 Å². The first kappa shape index (κ1) is 36.1. The highest BCUT2D eigenvalue weighted by Gasteiger charge is 2.50. The van der Waals surface area contributed by atoms with Crippen LogP contribution in [0.1, 0.15) is 63.4 Å². The van der Waals surface area contributed by atoms with Gasteiger partial charge in [-0.15, -0.1) is 0 Å². The van der Waals surface area contributed by atoms with Crippen molar-refractivity contribution in [2.24, 2.45) is 23.2 Å². The monoisotopic (exact) mass is 726 g/mol. The van der Waals surface area contributed by atoms with Crippen LogP contribution in [0.2, 0.25) is 0 Å². The molecular formula is C45H54N6O3.